The predicted octanol–water partition coefficient (Wildman–Crippen LogP) is 12.3. The highest BCUT2D eigenvalue weighted by Crippen LogP contribution is 2.15. The number of rotatable bonds is 43. The molecule has 0 aliphatic carbocycles. The van der Waals surface area contributed by atoms with Crippen LogP contribution in [-0.4, -0.2) is 75.5 Å². The van der Waals surface area contributed by atoms with Crippen LogP contribution < -0.4 is 5.11 Å². The van der Waals surface area contributed by atoms with Crippen LogP contribution in [-0.2, 0) is 28.6 Å². The van der Waals surface area contributed by atoms with Crippen molar-refractivity contribution < 1.29 is 38.2 Å². The average Bonchev–Trinajstić information content (AvgIpc) is 3.19. The number of hydrogen-bond donors (Lipinski definition) is 0. The third kappa shape index (κ3) is 40.5. The maximum absolute atomic E-state index is 12.7. The Morgan fingerprint density at radius 2 is 0.966 bits per heavy atom. The Morgan fingerprint density at radius 3 is 1.44 bits per heavy atom. The molecule has 0 saturated carbocycles. The predicted molar refractivity (Wildman–Crippen MR) is 245 cm³/mol. The molecule has 8 nitrogen and oxygen atoms in total. The van der Waals surface area contributed by atoms with Gasteiger partial charge in [0.15, 0.2) is 6.10 Å². The van der Waals surface area contributed by atoms with Gasteiger partial charge in [0, 0.05) is 19.3 Å². The lowest BCUT2D eigenvalue weighted by Crippen LogP contribution is -2.55. The molecule has 0 radical (unpaired) electrons. The molecule has 342 valence electrons. The van der Waals surface area contributed by atoms with Crippen molar-refractivity contribution in [1.29, 1.82) is 0 Å². The zero-order chi connectivity index (χ0) is 43.5. The molecule has 0 fully saturated rings. The third-order valence-electron chi connectivity index (χ3n) is 10.8. The van der Waals surface area contributed by atoms with Gasteiger partial charge in [0.25, 0.3) is 0 Å². The van der Waals surface area contributed by atoms with Crippen molar-refractivity contribution in [3.8, 4) is 0 Å². The van der Waals surface area contributed by atoms with Gasteiger partial charge >= 0.3 is 11.9 Å². The zero-order valence-electron chi connectivity index (χ0n) is 38.9. The molecule has 0 saturated heterocycles. The normalized spacial score (nSPS) is 13.3. The minimum absolute atomic E-state index is 0.0341. The number of allylic oxidation sites excluding steroid dienone is 8. The number of likely N-dealkylation sites (N-methyl/N-ethyl adjacent to an activating group) is 1. The molecule has 0 spiro atoms. The van der Waals surface area contributed by atoms with E-state index >= 15 is 0 Å². The van der Waals surface area contributed by atoms with Gasteiger partial charge in [-0.25, -0.2) is 0 Å². The quantitative estimate of drug-likeness (QED) is 0.0198. The fraction of sp³-hybridized carbons (Fsp3) is 0.784. The number of carbonyl (C=O) groups excluding carboxylic acids is 3. The summed E-state index contributed by atoms with van der Waals surface area (Å²) in [5.74, 6) is -1.75. The first-order chi connectivity index (χ1) is 28.6. The molecule has 8 heteroatoms. The molecule has 0 aromatic heterocycles. The number of carbonyl (C=O) groups is 3. The van der Waals surface area contributed by atoms with Crippen LogP contribution in [0.1, 0.15) is 206 Å². The van der Waals surface area contributed by atoms with Crippen molar-refractivity contribution in [2.24, 2.45) is 0 Å². The van der Waals surface area contributed by atoms with E-state index < -0.39 is 18.1 Å². The number of ether oxygens (including phenoxy) is 3. The van der Waals surface area contributed by atoms with E-state index in [1.54, 1.807) is 21.1 Å². The molecular formula is C51H91NO7. The monoisotopic (exact) mass is 830 g/mol. The van der Waals surface area contributed by atoms with E-state index in [0.717, 1.165) is 57.8 Å². The van der Waals surface area contributed by atoms with Crippen molar-refractivity contribution >= 4 is 17.9 Å². The Labute approximate surface area is 363 Å². The molecular weight excluding hydrogens is 739 g/mol. The van der Waals surface area contributed by atoms with Crippen molar-refractivity contribution in [1.82, 2.24) is 0 Å². The molecule has 59 heavy (non-hydrogen) atoms. The number of carboxylic acid groups (broad SMARTS) is 1. The summed E-state index contributed by atoms with van der Waals surface area (Å²) in [6, 6.07) is -0.729. The average molecular weight is 830 g/mol. The van der Waals surface area contributed by atoms with Crippen LogP contribution in [0.5, 0.6) is 0 Å². The SMILES string of the molecule is CC/C=C/C=C/C=C/CCCCCCCCCC(=O)OC(COCCC(C(=O)[O-])[N+](C)(C)C)COC(=O)CCCCCCCCC/C=C/CCCCCCCCCCC. The van der Waals surface area contributed by atoms with E-state index in [1.165, 1.54) is 116 Å². The first-order valence-electron chi connectivity index (χ1n) is 24.2. The smallest absolute Gasteiger partial charge is 0.306 e. The minimum Gasteiger partial charge on any atom is -0.544 e. The number of unbranched alkanes of at least 4 members (excludes halogenated alkanes) is 23. The van der Waals surface area contributed by atoms with Crippen molar-refractivity contribution in [2.45, 2.75) is 219 Å². The van der Waals surface area contributed by atoms with E-state index in [9.17, 15) is 19.5 Å². The van der Waals surface area contributed by atoms with Crippen LogP contribution in [0, 0.1) is 0 Å². The maximum atomic E-state index is 12.7. The standard InChI is InChI=1S/C51H91NO7/c1-6-8-10-12-14-16-18-20-22-23-24-25-26-28-29-31-33-35-37-39-41-49(53)58-46-47(45-57-44-43-48(51(55)56)52(3,4)5)59-50(54)42-40-38-36-34-32-30-27-21-19-17-15-13-11-9-7-2/h9,11,13,15,17,19,24-25,47-48H,6-8,10,12,14,16,18,20-23,26-46H2,1-5H3/b11-9+,15-13+,19-17+,25-24+. The molecule has 0 N–H and O–H groups in total. The first kappa shape index (κ1) is 56.3. The lowest BCUT2D eigenvalue weighted by atomic mass is 10.1. The number of hydrogen-bond acceptors (Lipinski definition) is 7. The molecule has 0 amide bonds. The van der Waals surface area contributed by atoms with Crippen LogP contribution in [0.2, 0.25) is 0 Å². The van der Waals surface area contributed by atoms with Crippen LogP contribution in [0.4, 0.5) is 0 Å². The highest BCUT2D eigenvalue weighted by molar-refractivity contribution is 5.70. The van der Waals surface area contributed by atoms with Gasteiger partial charge in [-0.1, -0.05) is 178 Å². The summed E-state index contributed by atoms with van der Waals surface area (Å²) in [7, 11) is 5.40. The van der Waals surface area contributed by atoms with Gasteiger partial charge < -0.3 is 28.6 Å². The molecule has 0 heterocycles. The molecule has 0 rings (SSSR count). The summed E-state index contributed by atoms with van der Waals surface area (Å²) in [6.45, 7) is 4.53. The fourth-order valence-electron chi connectivity index (χ4n) is 7.01. The Bertz CT molecular complexity index is 1110. The molecule has 2 atom stereocenters. The Morgan fingerprint density at radius 1 is 0.525 bits per heavy atom. The van der Waals surface area contributed by atoms with E-state index in [-0.39, 0.29) is 42.7 Å². The molecule has 0 bridgehead atoms. The van der Waals surface area contributed by atoms with Crippen LogP contribution in [0.3, 0.4) is 0 Å². The summed E-state index contributed by atoms with van der Waals surface area (Å²) in [5, 5.41) is 11.6. The fourth-order valence-corrected chi connectivity index (χ4v) is 7.01. The van der Waals surface area contributed by atoms with E-state index in [2.05, 4.69) is 62.5 Å². The second-order valence-corrected chi connectivity index (χ2v) is 17.4. The van der Waals surface area contributed by atoms with Gasteiger partial charge in [0.1, 0.15) is 12.6 Å². The summed E-state index contributed by atoms with van der Waals surface area (Å²) < 4.78 is 17.2. The Balaban J connectivity index is 4.27. The summed E-state index contributed by atoms with van der Waals surface area (Å²) in [5.41, 5.74) is 0. The third-order valence-corrected chi connectivity index (χ3v) is 10.8. The van der Waals surface area contributed by atoms with Gasteiger partial charge in [-0.3, -0.25) is 9.59 Å². The van der Waals surface area contributed by atoms with Crippen LogP contribution in [0.25, 0.3) is 0 Å². The molecule has 0 aliphatic heterocycles. The van der Waals surface area contributed by atoms with Gasteiger partial charge in [0.05, 0.1) is 40.3 Å². The van der Waals surface area contributed by atoms with Crippen molar-refractivity contribution in [2.75, 3.05) is 41.0 Å². The summed E-state index contributed by atoms with van der Waals surface area (Å²) in [4.78, 5) is 36.9. The first-order valence-corrected chi connectivity index (χ1v) is 24.2. The number of quaternary nitrogens is 1. The zero-order valence-corrected chi connectivity index (χ0v) is 38.9. The highest BCUT2D eigenvalue weighted by atomic mass is 16.6. The van der Waals surface area contributed by atoms with Crippen molar-refractivity contribution in [3.63, 3.8) is 0 Å². The molecule has 0 aliphatic rings. The second kappa shape index (κ2) is 42.0. The molecule has 2 unspecified atom stereocenters. The van der Waals surface area contributed by atoms with Gasteiger partial charge in [-0.05, 0) is 57.8 Å². The number of nitrogens with zero attached hydrogens (tertiary/aromatic N) is 1. The van der Waals surface area contributed by atoms with Crippen LogP contribution >= 0.6 is 0 Å². The lowest BCUT2D eigenvalue weighted by Gasteiger charge is -2.34. The van der Waals surface area contributed by atoms with Crippen molar-refractivity contribution in [3.05, 3.63) is 48.6 Å². The topological polar surface area (TPSA) is 102 Å². The largest absolute Gasteiger partial charge is 0.544 e. The number of aliphatic carboxylic acids is 1. The lowest BCUT2D eigenvalue weighted by molar-refractivity contribution is -0.889. The van der Waals surface area contributed by atoms with E-state index in [0.29, 0.717) is 12.8 Å². The number of esters is 2. The Kier molecular flexibility index (Phi) is 40.1. The highest BCUT2D eigenvalue weighted by Gasteiger charge is 2.25. The van der Waals surface area contributed by atoms with E-state index in [4.69, 9.17) is 14.2 Å². The van der Waals surface area contributed by atoms with Gasteiger partial charge in [-0.15, -0.1) is 0 Å². The minimum atomic E-state index is -1.13. The van der Waals surface area contributed by atoms with Crippen LogP contribution in [0.15, 0.2) is 48.6 Å². The second-order valence-electron chi connectivity index (χ2n) is 17.4. The maximum Gasteiger partial charge on any atom is 0.306 e. The number of carboxylic acids is 1. The summed E-state index contributed by atoms with van der Waals surface area (Å²) in [6.07, 6.45) is 49.9. The molecule has 0 aromatic carbocycles. The summed E-state index contributed by atoms with van der Waals surface area (Å²) >= 11 is 0. The van der Waals surface area contributed by atoms with E-state index in [1.807, 2.05) is 0 Å². The Hall–Kier alpha value is -2.71. The van der Waals surface area contributed by atoms with Gasteiger partial charge in [0.2, 0.25) is 0 Å². The molecule has 0 aromatic rings. The van der Waals surface area contributed by atoms with Gasteiger partial charge in [-0.2, -0.15) is 0 Å².